The van der Waals surface area contributed by atoms with Gasteiger partial charge in [0.1, 0.15) is 6.04 Å². The largest absolute Gasteiger partial charge is 0.460 e. The van der Waals surface area contributed by atoms with Crippen molar-refractivity contribution < 1.29 is 27.2 Å². The molecule has 0 saturated carbocycles. The summed E-state index contributed by atoms with van der Waals surface area (Å²) in [5.74, 6) is -1.35. The maximum atomic E-state index is 13.1. The SMILES string of the molecule is CCOC(=O)c1ccc(S(=O)(=O)N2CCC[C@H]2C(=O)Nc2ccc3[nH]c(C)cc3c2)o1. The summed E-state index contributed by atoms with van der Waals surface area (Å²) in [5, 5.41) is 3.38. The zero-order valence-electron chi connectivity index (χ0n) is 17.2. The van der Waals surface area contributed by atoms with Crippen molar-refractivity contribution in [2.24, 2.45) is 0 Å². The Bertz CT molecular complexity index is 1240. The standard InChI is InChI=1S/C21H23N3O6S/c1-3-29-21(26)18-8-9-19(30-18)31(27,28)24-10-4-5-17(24)20(25)23-15-6-7-16-14(12-15)11-13(2)22-16/h6-9,11-12,17,22H,3-5,10H2,1-2H3,(H,23,25)/t17-/m0/s1. The van der Waals surface area contributed by atoms with Gasteiger partial charge in [0.25, 0.3) is 10.0 Å². The van der Waals surface area contributed by atoms with E-state index in [9.17, 15) is 18.0 Å². The average molecular weight is 445 g/mol. The quantitative estimate of drug-likeness (QED) is 0.563. The Labute approximate surface area is 179 Å². The minimum atomic E-state index is -4.09. The van der Waals surface area contributed by atoms with Crippen molar-refractivity contribution in [3.05, 3.63) is 47.9 Å². The number of esters is 1. The molecule has 31 heavy (non-hydrogen) atoms. The molecule has 0 unspecified atom stereocenters. The second-order valence-electron chi connectivity index (χ2n) is 7.36. The smallest absolute Gasteiger partial charge is 0.374 e. The van der Waals surface area contributed by atoms with Crippen LogP contribution in [0.25, 0.3) is 10.9 Å². The summed E-state index contributed by atoms with van der Waals surface area (Å²) in [6, 6.07) is 9.02. The van der Waals surface area contributed by atoms with Gasteiger partial charge < -0.3 is 19.5 Å². The number of H-pyrrole nitrogens is 1. The summed E-state index contributed by atoms with van der Waals surface area (Å²) in [4.78, 5) is 27.9. The number of nitrogens with zero attached hydrogens (tertiary/aromatic N) is 1. The van der Waals surface area contributed by atoms with Crippen molar-refractivity contribution in [2.45, 2.75) is 37.8 Å². The molecule has 0 radical (unpaired) electrons. The minimum Gasteiger partial charge on any atom is -0.460 e. The Morgan fingerprint density at radius 3 is 2.84 bits per heavy atom. The predicted molar refractivity (Wildman–Crippen MR) is 113 cm³/mol. The van der Waals surface area contributed by atoms with Crippen LogP contribution >= 0.6 is 0 Å². The molecule has 1 aliphatic rings. The van der Waals surface area contributed by atoms with Gasteiger partial charge in [0.05, 0.1) is 6.61 Å². The normalized spacial score (nSPS) is 17.2. The fraction of sp³-hybridized carbons (Fsp3) is 0.333. The zero-order valence-corrected chi connectivity index (χ0v) is 18.0. The summed E-state index contributed by atoms with van der Waals surface area (Å²) in [6.07, 6.45) is 0.931. The van der Waals surface area contributed by atoms with Gasteiger partial charge in [-0.05, 0) is 63.1 Å². The van der Waals surface area contributed by atoms with E-state index in [0.717, 1.165) is 20.9 Å². The number of aromatic amines is 1. The Morgan fingerprint density at radius 2 is 2.06 bits per heavy atom. The van der Waals surface area contributed by atoms with Crippen LogP contribution < -0.4 is 5.32 Å². The third kappa shape index (κ3) is 4.08. The molecule has 9 nitrogen and oxygen atoms in total. The van der Waals surface area contributed by atoms with Crippen molar-refractivity contribution >= 4 is 38.5 Å². The molecule has 1 atom stereocenters. The Hall–Kier alpha value is -3.11. The number of sulfonamides is 1. The number of aryl methyl sites for hydroxylation is 1. The van der Waals surface area contributed by atoms with Crippen LogP contribution in [0.15, 0.2) is 45.9 Å². The maximum Gasteiger partial charge on any atom is 0.374 e. The van der Waals surface area contributed by atoms with Crippen molar-refractivity contribution in [1.29, 1.82) is 0 Å². The van der Waals surface area contributed by atoms with E-state index in [-0.39, 0.29) is 24.0 Å². The molecule has 3 heterocycles. The van der Waals surface area contributed by atoms with Crippen LogP contribution in [0, 0.1) is 6.92 Å². The fourth-order valence-corrected chi connectivity index (χ4v) is 5.33. The van der Waals surface area contributed by atoms with Crippen LogP contribution in [0.1, 0.15) is 36.0 Å². The van der Waals surface area contributed by atoms with Crippen LogP contribution in [-0.2, 0) is 19.6 Å². The summed E-state index contributed by atoms with van der Waals surface area (Å²) in [5.41, 5.74) is 2.55. The topological polar surface area (TPSA) is 122 Å². The minimum absolute atomic E-state index is 0.143. The van der Waals surface area contributed by atoms with Gasteiger partial charge in [0.15, 0.2) is 0 Å². The Kier molecular flexibility index (Phi) is 5.59. The van der Waals surface area contributed by atoms with Crippen LogP contribution in [0.2, 0.25) is 0 Å². The molecule has 10 heteroatoms. The van der Waals surface area contributed by atoms with E-state index in [1.54, 1.807) is 13.0 Å². The molecule has 0 aliphatic carbocycles. The van der Waals surface area contributed by atoms with Gasteiger partial charge in [-0.15, -0.1) is 0 Å². The van der Waals surface area contributed by atoms with E-state index in [0.29, 0.717) is 18.5 Å². The number of benzene rings is 1. The molecular formula is C21H23N3O6S. The van der Waals surface area contributed by atoms with Crippen molar-refractivity contribution in [1.82, 2.24) is 9.29 Å². The number of hydrogen-bond donors (Lipinski definition) is 2. The second kappa shape index (κ2) is 8.20. The first kappa shape index (κ1) is 21.1. The molecule has 1 fully saturated rings. The van der Waals surface area contributed by atoms with E-state index in [4.69, 9.17) is 9.15 Å². The fourth-order valence-electron chi connectivity index (χ4n) is 3.76. The first-order valence-electron chi connectivity index (χ1n) is 9.98. The number of amides is 1. The molecule has 1 amide bonds. The molecular weight excluding hydrogens is 422 g/mol. The molecule has 0 bridgehead atoms. The van der Waals surface area contributed by atoms with Crippen molar-refractivity contribution in [2.75, 3.05) is 18.5 Å². The highest BCUT2D eigenvalue weighted by molar-refractivity contribution is 7.89. The summed E-state index contributed by atoms with van der Waals surface area (Å²) < 4.78 is 37.3. The second-order valence-corrected chi connectivity index (χ2v) is 9.18. The number of anilines is 1. The molecule has 2 N–H and O–H groups in total. The van der Waals surface area contributed by atoms with E-state index >= 15 is 0 Å². The zero-order chi connectivity index (χ0) is 22.2. The van der Waals surface area contributed by atoms with E-state index in [1.807, 2.05) is 25.1 Å². The molecule has 1 saturated heterocycles. The first-order valence-corrected chi connectivity index (χ1v) is 11.4. The molecule has 0 spiro atoms. The first-order chi connectivity index (χ1) is 14.8. The number of carbonyl (C=O) groups excluding carboxylic acids is 2. The Balaban J connectivity index is 1.53. The molecule has 164 valence electrons. The van der Waals surface area contributed by atoms with Gasteiger partial charge in [-0.25, -0.2) is 13.2 Å². The highest BCUT2D eigenvalue weighted by Crippen LogP contribution is 2.29. The van der Waals surface area contributed by atoms with Gasteiger partial charge >= 0.3 is 5.97 Å². The highest BCUT2D eigenvalue weighted by atomic mass is 32.2. The monoisotopic (exact) mass is 445 g/mol. The van der Waals surface area contributed by atoms with Crippen molar-refractivity contribution in [3.8, 4) is 0 Å². The van der Waals surface area contributed by atoms with E-state index in [2.05, 4.69) is 10.3 Å². The predicted octanol–water partition coefficient (Wildman–Crippen LogP) is 3.04. The van der Waals surface area contributed by atoms with Crippen molar-refractivity contribution in [3.63, 3.8) is 0 Å². The van der Waals surface area contributed by atoms with Crippen LogP contribution in [-0.4, -0.2) is 48.8 Å². The van der Waals surface area contributed by atoms with Crippen LogP contribution in [0.3, 0.4) is 0 Å². The molecule has 1 aromatic carbocycles. The molecule has 4 rings (SSSR count). The third-order valence-corrected chi connectivity index (χ3v) is 6.93. The number of furan rings is 1. The van der Waals surface area contributed by atoms with E-state index in [1.165, 1.54) is 12.1 Å². The lowest BCUT2D eigenvalue weighted by Gasteiger charge is -2.22. The number of hydrogen-bond acceptors (Lipinski definition) is 6. The van der Waals surface area contributed by atoms with Gasteiger partial charge in [0, 0.05) is 28.8 Å². The average Bonchev–Trinajstić information content (AvgIpc) is 3.46. The lowest BCUT2D eigenvalue weighted by Crippen LogP contribution is -2.43. The maximum absolute atomic E-state index is 13.1. The van der Waals surface area contributed by atoms with Gasteiger partial charge in [0.2, 0.25) is 16.8 Å². The number of nitrogens with one attached hydrogen (secondary N) is 2. The van der Waals surface area contributed by atoms with Crippen LogP contribution in [0.4, 0.5) is 5.69 Å². The number of aromatic nitrogens is 1. The summed E-state index contributed by atoms with van der Waals surface area (Å²) in [6.45, 7) is 3.92. The summed E-state index contributed by atoms with van der Waals surface area (Å²) >= 11 is 0. The number of rotatable bonds is 6. The summed E-state index contributed by atoms with van der Waals surface area (Å²) in [7, 11) is -4.09. The van der Waals surface area contributed by atoms with Crippen LogP contribution in [0.5, 0.6) is 0 Å². The molecule has 2 aromatic heterocycles. The highest BCUT2D eigenvalue weighted by Gasteiger charge is 2.41. The Morgan fingerprint density at radius 1 is 1.26 bits per heavy atom. The van der Waals surface area contributed by atoms with Gasteiger partial charge in [-0.3, -0.25) is 4.79 Å². The molecule has 1 aliphatic heterocycles. The number of fused-ring (bicyclic) bond motifs is 1. The van der Waals surface area contributed by atoms with Gasteiger partial charge in [-0.1, -0.05) is 0 Å². The lowest BCUT2D eigenvalue weighted by atomic mass is 10.2. The van der Waals surface area contributed by atoms with Gasteiger partial charge in [-0.2, -0.15) is 4.31 Å². The lowest BCUT2D eigenvalue weighted by molar-refractivity contribution is -0.119. The molecule has 3 aromatic rings. The number of carbonyl (C=O) groups is 2. The number of ether oxygens (including phenoxy) is 1. The van der Waals surface area contributed by atoms with E-state index < -0.39 is 27.9 Å². The third-order valence-electron chi connectivity index (χ3n) is 5.15.